The van der Waals surface area contributed by atoms with Gasteiger partial charge in [-0.25, -0.2) is 9.97 Å². The number of methoxy groups -OCH3 is 1. The van der Waals surface area contributed by atoms with Crippen LogP contribution in [0.3, 0.4) is 0 Å². The monoisotopic (exact) mass is 367 g/mol. The van der Waals surface area contributed by atoms with Crippen molar-refractivity contribution in [3.05, 3.63) is 53.6 Å². The van der Waals surface area contributed by atoms with Crippen LogP contribution in [-0.2, 0) is 11.2 Å². The zero-order chi connectivity index (χ0) is 19.1. The van der Waals surface area contributed by atoms with Gasteiger partial charge < -0.3 is 20.4 Å². The van der Waals surface area contributed by atoms with Crippen LogP contribution in [-0.4, -0.2) is 47.7 Å². The summed E-state index contributed by atoms with van der Waals surface area (Å²) in [6.45, 7) is 3.67. The molecular weight excluding hydrogens is 342 g/mol. The number of aryl methyl sites for hydroxylation is 1. The van der Waals surface area contributed by atoms with Gasteiger partial charge in [0.25, 0.3) is 5.91 Å². The number of hydrogen-bond donors (Lipinski definition) is 3. The Morgan fingerprint density at radius 3 is 2.93 bits per heavy atom. The van der Waals surface area contributed by atoms with Gasteiger partial charge >= 0.3 is 0 Å². The van der Waals surface area contributed by atoms with Crippen molar-refractivity contribution in [3.8, 4) is 0 Å². The molecule has 1 amide bonds. The van der Waals surface area contributed by atoms with Crippen molar-refractivity contribution in [2.24, 2.45) is 0 Å². The first kappa shape index (κ1) is 18.8. The first-order valence-electron chi connectivity index (χ1n) is 9.09. The number of H-pyrrole nitrogens is 1. The third kappa shape index (κ3) is 5.04. The van der Waals surface area contributed by atoms with E-state index in [1.165, 1.54) is 10.9 Å². The Balaban J connectivity index is 1.58. The standard InChI is InChI=1S/C20H25N5O2/c1-14-24-18(20(26)22-9-5-11-27-2)12-19(25-14)21-10-8-15-13-23-17-7-4-3-6-16(15)17/h3-4,6-7,12-13,23H,5,8-11H2,1-2H3,(H,22,26)(H,21,24,25). The van der Waals surface area contributed by atoms with E-state index in [-0.39, 0.29) is 5.91 Å². The van der Waals surface area contributed by atoms with Crippen LogP contribution >= 0.6 is 0 Å². The van der Waals surface area contributed by atoms with E-state index in [4.69, 9.17) is 4.74 Å². The van der Waals surface area contributed by atoms with Gasteiger partial charge in [0.15, 0.2) is 0 Å². The molecule has 0 saturated carbocycles. The molecule has 0 aliphatic carbocycles. The summed E-state index contributed by atoms with van der Waals surface area (Å²) in [6.07, 6.45) is 3.66. The molecule has 0 fully saturated rings. The summed E-state index contributed by atoms with van der Waals surface area (Å²) >= 11 is 0. The lowest BCUT2D eigenvalue weighted by molar-refractivity contribution is 0.0943. The van der Waals surface area contributed by atoms with Gasteiger partial charge in [0.1, 0.15) is 17.3 Å². The number of benzene rings is 1. The number of nitrogens with zero attached hydrogens (tertiary/aromatic N) is 2. The Labute approximate surface area is 158 Å². The number of para-hydroxylation sites is 1. The normalized spacial score (nSPS) is 10.9. The molecule has 0 bridgehead atoms. The van der Waals surface area contributed by atoms with Crippen LogP contribution < -0.4 is 10.6 Å². The van der Waals surface area contributed by atoms with Crippen LogP contribution in [0.1, 0.15) is 28.3 Å². The van der Waals surface area contributed by atoms with E-state index in [2.05, 4.69) is 37.7 Å². The van der Waals surface area contributed by atoms with E-state index in [0.29, 0.717) is 37.0 Å². The van der Waals surface area contributed by atoms with Crippen molar-refractivity contribution < 1.29 is 9.53 Å². The van der Waals surface area contributed by atoms with Gasteiger partial charge in [0.05, 0.1) is 0 Å². The summed E-state index contributed by atoms with van der Waals surface area (Å²) in [4.78, 5) is 24.1. The van der Waals surface area contributed by atoms with Gasteiger partial charge in [-0.2, -0.15) is 0 Å². The molecule has 0 saturated heterocycles. The number of aromatic amines is 1. The van der Waals surface area contributed by atoms with Crippen LogP contribution in [0.25, 0.3) is 10.9 Å². The first-order chi connectivity index (χ1) is 13.2. The molecule has 2 aromatic heterocycles. The average Bonchev–Trinajstić information content (AvgIpc) is 3.08. The Morgan fingerprint density at radius 1 is 1.22 bits per heavy atom. The second-order valence-electron chi connectivity index (χ2n) is 6.32. The SMILES string of the molecule is COCCCNC(=O)c1cc(NCCc2c[nH]c3ccccc23)nc(C)n1. The summed E-state index contributed by atoms with van der Waals surface area (Å²) in [6, 6.07) is 9.93. The van der Waals surface area contributed by atoms with Crippen LogP contribution in [0.4, 0.5) is 5.82 Å². The van der Waals surface area contributed by atoms with Gasteiger partial charge in [-0.05, 0) is 31.4 Å². The van der Waals surface area contributed by atoms with Gasteiger partial charge in [0, 0.05) is 50.0 Å². The zero-order valence-electron chi connectivity index (χ0n) is 15.7. The van der Waals surface area contributed by atoms with Crippen LogP contribution in [0.15, 0.2) is 36.5 Å². The van der Waals surface area contributed by atoms with Crippen molar-refractivity contribution in [2.75, 3.05) is 32.1 Å². The van der Waals surface area contributed by atoms with Crippen molar-refractivity contribution in [3.63, 3.8) is 0 Å². The fourth-order valence-corrected chi connectivity index (χ4v) is 2.95. The van der Waals surface area contributed by atoms with Gasteiger partial charge in [-0.1, -0.05) is 18.2 Å². The largest absolute Gasteiger partial charge is 0.385 e. The Bertz CT molecular complexity index is 906. The molecule has 27 heavy (non-hydrogen) atoms. The maximum absolute atomic E-state index is 12.2. The third-order valence-electron chi connectivity index (χ3n) is 4.26. The van der Waals surface area contributed by atoms with E-state index in [1.807, 2.05) is 18.3 Å². The minimum absolute atomic E-state index is 0.198. The fourth-order valence-electron chi connectivity index (χ4n) is 2.95. The molecule has 0 atom stereocenters. The number of rotatable bonds is 9. The number of carbonyl (C=O) groups is 1. The summed E-state index contributed by atoms with van der Waals surface area (Å²) < 4.78 is 4.98. The number of carbonyl (C=O) groups excluding carboxylic acids is 1. The fraction of sp³-hybridized carbons (Fsp3) is 0.350. The molecule has 3 aromatic rings. The van der Waals surface area contributed by atoms with Gasteiger partial charge in [-0.15, -0.1) is 0 Å². The molecular formula is C20H25N5O2. The molecule has 0 spiro atoms. The molecule has 2 heterocycles. The smallest absolute Gasteiger partial charge is 0.270 e. The lowest BCUT2D eigenvalue weighted by atomic mass is 10.1. The number of ether oxygens (including phenoxy) is 1. The second-order valence-corrected chi connectivity index (χ2v) is 6.32. The second kappa shape index (κ2) is 9.14. The molecule has 3 N–H and O–H groups in total. The maximum atomic E-state index is 12.2. The molecule has 3 rings (SSSR count). The van der Waals surface area contributed by atoms with E-state index in [9.17, 15) is 4.79 Å². The highest BCUT2D eigenvalue weighted by atomic mass is 16.5. The van der Waals surface area contributed by atoms with E-state index >= 15 is 0 Å². The zero-order valence-corrected chi connectivity index (χ0v) is 15.7. The van der Waals surface area contributed by atoms with E-state index in [0.717, 1.165) is 18.4 Å². The Kier molecular flexibility index (Phi) is 6.38. The number of fused-ring (bicyclic) bond motifs is 1. The van der Waals surface area contributed by atoms with Crippen LogP contribution in [0, 0.1) is 6.92 Å². The quantitative estimate of drug-likeness (QED) is 0.506. The number of nitrogens with one attached hydrogen (secondary N) is 3. The van der Waals surface area contributed by atoms with Gasteiger partial charge in [-0.3, -0.25) is 4.79 Å². The van der Waals surface area contributed by atoms with Crippen molar-refractivity contribution in [1.82, 2.24) is 20.3 Å². The Morgan fingerprint density at radius 2 is 2.07 bits per heavy atom. The predicted molar refractivity (Wildman–Crippen MR) is 106 cm³/mol. The van der Waals surface area contributed by atoms with Gasteiger partial charge in [0.2, 0.25) is 0 Å². The minimum Gasteiger partial charge on any atom is -0.385 e. The maximum Gasteiger partial charge on any atom is 0.270 e. The van der Waals surface area contributed by atoms with Crippen molar-refractivity contribution in [1.29, 1.82) is 0 Å². The summed E-state index contributed by atoms with van der Waals surface area (Å²) in [5.41, 5.74) is 2.76. The highest BCUT2D eigenvalue weighted by molar-refractivity contribution is 5.92. The molecule has 1 aromatic carbocycles. The number of hydrogen-bond acceptors (Lipinski definition) is 5. The Hall–Kier alpha value is -2.93. The molecule has 0 radical (unpaired) electrons. The predicted octanol–water partition coefficient (Wildman–Crippen LogP) is 2.69. The topological polar surface area (TPSA) is 91.9 Å². The number of anilines is 1. The molecule has 0 aliphatic rings. The lowest BCUT2D eigenvalue weighted by Gasteiger charge is -2.09. The third-order valence-corrected chi connectivity index (χ3v) is 4.26. The average molecular weight is 367 g/mol. The van der Waals surface area contributed by atoms with Crippen molar-refractivity contribution in [2.45, 2.75) is 19.8 Å². The summed E-state index contributed by atoms with van der Waals surface area (Å²) in [7, 11) is 1.64. The number of amides is 1. The molecule has 7 heteroatoms. The molecule has 0 aliphatic heterocycles. The number of aromatic nitrogens is 3. The molecule has 7 nitrogen and oxygen atoms in total. The van der Waals surface area contributed by atoms with Crippen LogP contribution in [0.5, 0.6) is 0 Å². The highest BCUT2D eigenvalue weighted by Crippen LogP contribution is 2.18. The van der Waals surface area contributed by atoms with E-state index in [1.54, 1.807) is 20.1 Å². The summed E-state index contributed by atoms with van der Waals surface area (Å²) in [5.74, 6) is 1.02. The summed E-state index contributed by atoms with van der Waals surface area (Å²) in [5, 5.41) is 7.37. The first-order valence-corrected chi connectivity index (χ1v) is 9.09. The highest BCUT2D eigenvalue weighted by Gasteiger charge is 2.10. The van der Waals surface area contributed by atoms with Crippen LogP contribution in [0.2, 0.25) is 0 Å². The molecule has 0 unspecified atom stereocenters. The minimum atomic E-state index is -0.198. The van der Waals surface area contributed by atoms with Crippen molar-refractivity contribution >= 4 is 22.6 Å². The lowest BCUT2D eigenvalue weighted by Crippen LogP contribution is -2.26. The molecule has 142 valence electrons. The van der Waals surface area contributed by atoms with E-state index < -0.39 is 0 Å².